The van der Waals surface area contributed by atoms with Crippen molar-refractivity contribution in [3.8, 4) is 0 Å². The first-order chi connectivity index (χ1) is 11.0. The first kappa shape index (κ1) is 17.0. The Labute approximate surface area is 138 Å². The lowest BCUT2D eigenvalue weighted by molar-refractivity contribution is -0.146. The smallest absolute Gasteiger partial charge is 0.331 e. The number of rotatable bonds is 5. The topological polar surface area (TPSA) is 75.6 Å². The van der Waals surface area contributed by atoms with Gasteiger partial charge in [0, 0.05) is 10.6 Å². The van der Waals surface area contributed by atoms with Gasteiger partial charge in [-0.3, -0.25) is 4.79 Å². The quantitative estimate of drug-likeness (QED) is 0.824. The molecule has 2 aromatic rings. The minimum atomic E-state index is -1.26. The zero-order valence-corrected chi connectivity index (χ0v) is 13.2. The number of halogens is 1. The number of aliphatic hydroxyl groups is 1. The molecule has 0 saturated heterocycles. The maximum atomic E-state index is 12.2. The number of ether oxygens (including phenoxy) is 1. The minimum Gasteiger partial charge on any atom is -0.467 e. The Hall–Kier alpha value is -2.37. The second-order valence-corrected chi connectivity index (χ2v) is 5.27. The van der Waals surface area contributed by atoms with E-state index in [1.807, 2.05) is 0 Å². The number of carbonyl (C=O) groups is 2. The molecule has 1 amide bonds. The van der Waals surface area contributed by atoms with Gasteiger partial charge in [0.05, 0.1) is 7.11 Å². The Morgan fingerprint density at radius 2 is 1.70 bits per heavy atom. The summed E-state index contributed by atoms with van der Waals surface area (Å²) >= 11 is 5.81. The third-order valence-electron chi connectivity index (χ3n) is 3.30. The molecule has 120 valence electrons. The number of hydrogen-bond acceptors (Lipinski definition) is 4. The van der Waals surface area contributed by atoms with Crippen molar-refractivity contribution < 1.29 is 19.4 Å². The molecule has 0 aliphatic rings. The minimum absolute atomic E-state index is 0.379. The molecule has 0 bridgehead atoms. The number of hydrogen-bond donors (Lipinski definition) is 2. The molecule has 0 saturated carbocycles. The van der Waals surface area contributed by atoms with Crippen LogP contribution in [0, 0.1) is 0 Å². The summed E-state index contributed by atoms with van der Waals surface area (Å²) < 4.78 is 4.68. The Bertz CT molecular complexity index is 673. The number of benzene rings is 2. The standard InChI is InChI=1S/C17H16ClNO4/c1-23-17(22)14(15(20)11-7-9-13(18)10-8-11)19-16(21)12-5-3-2-4-6-12/h2-10,14-15,20H,1H3,(H,19,21)/t14-,15-/m1/s1. The summed E-state index contributed by atoms with van der Waals surface area (Å²) in [7, 11) is 1.19. The van der Waals surface area contributed by atoms with Gasteiger partial charge in [0.15, 0.2) is 6.04 Å². The molecule has 0 unspecified atom stereocenters. The van der Waals surface area contributed by atoms with Crippen molar-refractivity contribution >= 4 is 23.5 Å². The average molecular weight is 334 g/mol. The summed E-state index contributed by atoms with van der Waals surface area (Å²) in [4.78, 5) is 24.2. The molecule has 0 fully saturated rings. The highest BCUT2D eigenvalue weighted by molar-refractivity contribution is 6.30. The molecule has 0 aromatic heterocycles. The fourth-order valence-electron chi connectivity index (χ4n) is 2.06. The van der Waals surface area contributed by atoms with E-state index in [0.29, 0.717) is 16.1 Å². The van der Waals surface area contributed by atoms with E-state index < -0.39 is 24.0 Å². The van der Waals surface area contributed by atoms with Gasteiger partial charge in [0.2, 0.25) is 0 Å². The zero-order valence-electron chi connectivity index (χ0n) is 12.4. The van der Waals surface area contributed by atoms with Crippen LogP contribution in [-0.2, 0) is 9.53 Å². The van der Waals surface area contributed by atoms with Gasteiger partial charge in [0.25, 0.3) is 5.91 Å². The van der Waals surface area contributed by atoms with Crippen molar-refractivity contribution in [1.82, 2.24) is 5.32 Å². The summed E-state index contributed by atoms with van der Waals surface area (Å²) in [6.45, 7) is 0. The van der Waals surface area contributed by atoms with Crippen LogP contribution in [0.1, 0.15) is 22.0 Å². The molecular weight excluding hydrogens is 318 g/mol. The molecule has 2 rings (SSSR count). The zero-order chi connectivity index (χ0) is 16.8. The van der Waals surface area contributed by atoms with E-state index in [1.54, 1.807) is 54.6 Å². The SMILES string of the molecule is COC(=O)[C@H](NC(=O)c1ccccc1)[C@H](O)c1ccc(Cl)cc1. The molecule has 0 radical (unpaired) electrons. The first-order valence-electron chi connectivity index (χ1n) is 6.90. The highest BCUT2D eigenvalue weighted by atomic mass is 35.5. The molecule has 2 aromatic carbocycles. The monoisotopic (exact) mass is 333 g/mol. The Morgan fingerprint density at radius 1 is 1.09 bits per heavy atom. The third-order valence-corrected chi connectivity index (χ3v) is 3.56. The third kappa shape index (κ3) is 4.31. The average Bonchev–Trinajstić information content (AvgIpc) is 2.59. The summed E-state index contributed by atoms with van der Waals surface area (Å²) in [6.07, 6.45) is -1.26. The Morgan fingerprint density at radius 3 is 2.26 bits per heavy atom. The number of esters is 1. The summed E-state index contributed by atoms with van der Waals surface area (Å²) in [6, 6.07) is 13.5. The van der Waals surface area contributed by atoms with Crippen LogP contribution in [0.25, 0.3) is 0 Å². The highest BCUT2D eigenvalue weighted by Crippen LogP contribution is 2.20. The molecule has 0 aliphatic heterocycles. The molecule has 2 N–H and O–H groups in total. The van der Waals surface area contributed by atoms with Crippen LogP contribution in [0.3, 0.4) is 0 Å². The van der Waals surface area contributed by atoms with Gasteiger partial charge >= 0.3 is 5.97 Å². The van der Waals surface area contributed by atoms with Crippen molar-refractivity contribution in [3.05, 3.63) is 70.7 Å². The van der Waals surface area contributed by atoms with Crippen LogP contribution in [0.2, 0.25) is 5.02 Å². The lowest BCUT2D eigenvalue weighted by atomic mass is 10.0. The summed E-state index contributed by atoms with van der Waals surface area (Å²) in [5.74, 6) is -1.22. The second kappa shape index (κ2) is 7.76. The van der Waals surface area contributed by atoms with Gasteiger partial charge in [-0.15, -0.1) is 0 Å². The van der Waals surface area contributed by atoms with Crippen molar-refractivity contribution in [2.24, 2.45) is 0 Å². The predicted molar refractivity (Wildman–Crippen MR) is 86.1 cm³/mol. The number of amides is 1. The van der Waals surface area contributed by atoms with Crippen molar-refractivity contribution in [3.63, 3.8) is 0 Å². The number of aliphatic hydroxyl groups excluding tert-OH is 1. The van der Waals surface area contributed by atoms with Gasteiger partial charge in [-0.05, 0) is 29.8 Å². The number of nitrogens with one attached hydrogen (secondary N) is 1. The lowest BCUT2D eigenvalue weighted by Gasteiger charge is -2.22. The molecule has 5 nitrogen and oxygen atoms in total. The van der Waals surface area contributed by atoms with Crippen LogP contribution in [0.5, 0.6) is 0 Å². The molecule has 2 atom stereocenters. The molecule has 0 aliphatic carbocycles. The molecule has 0 spiro atoms. The van der Waals surface area contributed by atoms with Crippen LogP contribution in [0.15, 0.2) is 54.6 Å². The Kier molecular flexibility index (Phi) is 5.73. The van der Waals surface area contributed by atoms with E-state index in [4.69, 9.17) is 11.6 Å². The van der Waals surface area contributed by atoms with E-state index in [1.165, 1.54) is 7.11 Å². The fourth-order valence-corrected chi connectivity index (χ4v) is 2.19. The van der Waals surface area contributed by atoms with Gasteiger partial charge in [-0.2, -0.15) is 0 Å². The molecule has 23 heavy (non-hydrogen) atoms. The highest BCUT2D eigenvalue weighted by Gasteiger charge is 2.30. The number of methoxy groups -OCH3 is 1. The van der Waals surface area contributed by atoms with E-state index in [0.717, 1.165) is 0 Å². The Balaban J connectivity index is 2.21. The molecule has 6 heteroatoms. The van der Waals surface area contributed by atoms with Crippen LogP contribution >= 0.6 is 11.6 Å². The molecular formula is C17H16ClNO4. The number of carbonyl (C=O) groups excluding carboxylic acids is 2. The normalized spacial score (nSPS) is 13.0. The van der Waals surface area contributed by atoms with Crippen molar-refractivity contribution in [1.29, 1.82) is 0 Å². The van der Waals surface area contributed by atoms with Gasteiger partial charge in [-0.1, -0.05) is 41.9 Å². The van der Waals surface area contributed by atoms with E-state index >= 15 is 0 Å². The summed E-state index contributed by atoms with van der Waals surface area (Å²) in [5, 5.41) is 13.4. The van der Waals surface area contributed by atoms with Gasteiger partial charge in [0.1, 0.15) is 6.10 Å². The maximum Gasteiger partial charge on any atom is 0.331 e. The van der Waals surface area contributed by atoms with Gasteiger partial charge < -0.3 is 15.2 Å². The summed E-state index contributed by atoms with van der Waals surface area (Å²) in [5.41, 5.74) is 0.822. The van der Waals surface area contributed by atoms with Gasteiger partial charge in [-0.25, -0.2) is 4.79 Å². The van der Waals surface area contributed by atoms with Crippen LogP contribution in [0.4, 0.5) is 0 Å². The van der Waals surface area contributed by atoms with Crippen molar-refractivity contribution in [2.45, 2.75) is 12.1 Å². The lowest BCUT2D eigenvalue weighted by Crippen LogP contribution is -2.45. The van der Waals surface area contributed by atoms with E-state index in [9.17, 15) is 14.7 Å². The largest absolute Gasteiger partial charge is 0.467 e. The predicted octanol–water partition coefficient (Wildman–Crippen LogP) is 2.34. The maximum absolute atomic E-state index is 12.2. The second-order valence-electron chi connectivity index (χ2n) is 4.84. The first-order valence-corrected chi connectivity index (χ1v) is 7.28. The van der Waals surface area contributed by atoms with Crippen molar-refractivity contribution in [2.75, 3.05) is 7.11 Å². The van der Waals surface area contributed by atoms with Crippen LogP contribution < -0.4 is 5.32 Å². The van der Waals surface area contributed by atoms with E-state index in [-0.39, 0.29) is 0 Å². The van der Waals surface area contributed by atoms with Crippen LogP contribution in [-0.4, -0.2) is 30.1 Å². The molecule has 0 heterocycles. The van der Waals surface area contributed by atoms with E-state index in [2.05, 4.69) is 10.1 Å². The fraction of sp³-hybridized carbons (Fsp3) is 0.176.